The maximum absolute atomic E-state index is 12.3. The molecule has 2 aromatic rings. The summed E-state index contributed by atoms with van der Waals surface area (Å²) in [6.45, 7) is 0.711. The molecule has 1 aliphatic rings. The number of rotatable bonds is 5. The molecule has 98 valence electrons. The van der Waals surface area contributed by atoms with Crippen LogP contribution in [0.4, 0.5) is 0 Å². The zero-order chi connectivity index (χ0) is 13.1. The maximum Gasteiger partial charge on any atom is 0.247 e. The molecule has 1 saturated carbocycles. The third kappa shape index (κ3) is 3.15. The van der Waals surface area contributed by atoms with E-state index in [0.29, 0.717) is 12.6 Å². The molecule has 0 radical (unpaired) electrons. The van der Waals surface area contributed by atoms with Gasteiger partial charge in [-0.2, -0.15) is 11.3 Å². The van der Waals surface area contributed by atoms with Crippen molar-refractivity contribution >= 4 is 23.3 Å². The van der Waals surface area contributed by atoms with Crippen molar-refractivity contribution < 1.29 is 9.21 Å². The molecular formula is C15H15NO2S. The minimum absolute atomic E-state index is 0.0786. The first-order chi connectivity index (χ1) is 9.33. The number of carbonyl (C=O) groups is 1. The van der Waals surface area contributed by atoms with Gasteiger partial charge in [-0.15, -0.1) is 0 Å². The summed E-state index contributed by atoms with van der Waals surface area (Å²) in [5.74, 6) is 0.0786. The number of hydrogen-bond donors (Lipinski definition) is 0. The number of nitrogens with zero attached hydrogens (tertiary/aromatic N) is 1. The molecular weight excluding hydrogens is 258 g/mol. The minimum Gasteiger partial charge on any atom is -0.472 e. The van der Waals surface area contributed by atoms with Crippen LogP contribution < -0.4 is 0 Å². The molecule has 3 nitrogen and oxygen atoms in total. The highest BCUT2D eigenvalue weighted by Gasteiger charge is 2.31. The van der Waals surface area contributed by atoms with Crippen LogP contribution in [0.25, 0.3) is 6.08 Å². The first-order valence-corrected chi connectivity index (χ1v) is 7.29. The van der Waals surface area contributed by atoms with Crippen molar-refractivity contribution in [3.8, 4) is 0 Å². The second kappa shape index (κ2) is 5.45. The van der Waals surface area contributed by atoms with Crippen LogP contribution in [0.2, 0.25) is 0 Å². The first kappa shape index (κ1) is 12.2. The lowest BCUT2D eigenvalue weighted by Crippen LogP contribution is -2.30. The number of hydrogen-bond acceptors (Lipinski definition) is 3. The molecule has 19 heavy (non-hydrogen) atoms. The molecule has 0 atom stereocenters. The van der Waals surface area contributed by atoms with Crippen LogP contribution >= 0.6 is 11.3 Å². The summed E-state index contributed by atoms with van der Waals surface area (Å²) in [4.78, 5) is 14.2. The fourth-order valence-electron chi connectivity index (χ4n) is 1.99. The predicted molar refractivity (Wildman–Crippen MR) is 75.6 cm³/mol. The SMILES string of the molecule is O=C(C=Cc1ccoc1)N(Cc1ccsc1)C1CC1. The number of carbonyl (C=O) groups excluding carboxylic acids is 1. The van der Waals surface area contributed by atoms with E-state index in [2.05, 4.69) is 11.4 Å². The molecule has 0 saturated heterocycles. The van der Waals surface area contributed by atoms with E-state index in [0.717, 1.165) is 18.4 Å². The lowest BCUT2D eigenvalue weighted by molar-refractivity contribution is -0.127. The number of amides is 1. The highest BCUT2D eigenvalue weighted by molar-refractivity contribution is 7.07. The topological polar surface area (TPSA) is 33.5 Å². The van der Waals surface area contributed by atoms with Crippen LogP contribution in [-0.2, 0) is 11.3 Å². The number of thiophene rings is 1. The Bertz CT molecular complexity index is 553. The van der Waals surface area contributed by atoms with E-state index >= 15 is 0 Å². The molecule has 4 heteroatoms. The maximum atomic E-state index is 12.3. The Labute approximate surface area is 116 Å². The Kier molecular flexibility index (Phi) is 3.51. The van der Waals surface area contributed by atoms with E-state index < -0.39 is 0 Å². The standard InChI is InChI=1S/C15H15NO2S/c17-15(4-1-12-5-7-18-10-12)16(14-2-3-14)9-13-6-8-19-11-13/h1,4-8,10-11,14H,2-3,9H2. The van der Waals surface area contributed by atoms with Crippen molar-refractivity contribution in [2.75, 3.05) is 0 Å². The van der Waals surface area contributed by atoms with Gasteiger partial charge in [0.25, 0.3) is 0 Å². The van der Waals surface area contributed by atoms with Gasteiger partial charge >= 0.3 is 0 Å². The summed E-state index contributed by atoms with van der Waals surface area (Å²) in [5.41, 5.74) is 2.13. The summed E-state index contributed by atoms with van der Waals surface area (Å²) >= 11 is 1.67. The van der Waals surface area contributed by atoms with Gasteiger partial charge in [-0.3, -0.25) is 4.79 Å². The van der Waals surface area contributed by atoms with Crippen LogP contribution in [0.1, 0.15) is 24.0 Å². The Morgan fingerprint density at radius 3 is 3.00 bits per heavy atom. The molecule has 0 unspecified atom stereocenters. The van der Waals surface area contributed by atoms with Crippen molar-refractivity contribution in [2.45, 2.75) is 25.4 Å². The quantitative estimate of drug-likeness (QED) is 0.781. The monoisotopic (exact) mass is 273 g/mol. The molecule has 0 N–H and O–H groups in total. The normalized spacial score (nSPS) is 14.9. The van der Waals surface area contributed by atoms with E-state index in [9.17, 15) is 4.79 Å². The molecule has 3 rings (SSSR count). The Morgan fingerprint density at radius 1 is 1.47 bits per heavy atom. The highest BCUT2D eigenvalue weighted by Crippen LogP contribution is 2.29. The van der Waals surface area contributed by atoms with Gasteiger partial charge in [-0.1, -0.05) is 0 Å². The lowest BCUT2D eigenvalue weighted by Gasteiger charge is -2.20. The predicted octanol–water partition coefficient (Wildman–Crippen LogP) is 3.55. The molecule has 2 heterocycles. The summed E-state index contributed by atoms with van der Waals surface area (Å²) in [7, 11) is 0. The van der Waals surface area contributed by atoms with Gasteiger partial charge < -0.3 is 9.32 Å². The van der Waals surface area contributed by atoms with Gasteiger partial charge in [0.1, 0.15) is 0 Å². The third-order valence-corrected chi connectivity index (χ3v) is 3.90. The van der Waals surface area contributed by atoms with E-state index in [-0.39, 0.29) is 5.91 Å². The fourth-order valence-corrected chi connectivity index (χ4v) is 2.65. The van der Waals surface area contributed by atoms with E-state index in [1.165, 1.54) is 5.56 Å². The van der Waals surface area contributed by atoms with Crippen molar-refractivity contribution in [3.05, 3.63) is 52.6 Å². The van der Waals surface area contributed by atoms with E-state index in [1.807, 2.05) is 16.3 Å². The van der Waals surface area contributed by atoms with Gasteiger partial charge in [0.2, 0.25) is 5.91 Å². The zero-order valence-electron chi connectivity index (χ0n) is 10.5. The van der Waals surface area contributed by atoms with Crippen molar-refractivity contribution in [1.29, 1.82) is 0 Å². The zero-order valence-corrected chi connectivity index (χ0v) is 11.3. The molecule has 1 fully saturated rings. The summed E-state index contributed by atoms with van der Waals surface area (Å²) in [6.07, 6.45) is 8.91. The molecule has 2 aromatic heterocycles. The van der Waals surface area contributed by atoms with Crippen LogP contribution in [0, 0.1) is 0 Å². The molecule has 0 aromatic carbocycles. The summed E-state index contributed by atoms with van der Waals surface area (Å²) < 4.78 is 4.98. The lowest BCUT2D eigenvalue weighted by atomic mass is 10.2. The second-order valence-corrected chi connectivity index (χ2v) is 5.50. The first-order valence-electron chi connectivity index (χ1n) is 6.35. The van der Waals surface area contributed by atoms with Gasteiger partial charge in [-0.25, -0.2) is 0 Å². The van der Waals surface area contributed by atoms with Gasteiger partial charge in [0.15, 0.2) is 0 Å². The van der Waals surface area contributed by atoms with Crippen LogP contribution in [-0.4, -0.2) is 16.8 Å². The van der Waals surface area contributed by atoms with Gasteiger partial charge in [0, 0.05) is 24.2 Å². The van der Waals surface area contributed by atoms with Crippen molar-refractivity contribution in [2.24, 2.45) is 0 Å². The minimum atomic E-state index is 0.0786. The molecule has 1 amide bonds. The van der Waals surface area contributed by atoms with E-state index in [1.54, 1.807) is 36.0 Å². The Hall–Kier alpha value is -1.81. The average Bonchev–Trinajstić information content (AvgIpc) is 2.94. The van der Waals surface area contributed by atoms with Gasteiger partial charge in [0.05, 0.1) is 12.5 Å². The molecule has 0 spiro atoms. The largest absolute Gasteiger partial charge is 0.472 e. The second-order valence-electron chi connectivity index (χ2n) is 4.72. The molecule has 1 aliphatic carbocycles. The third-order valence-electron chi connectivity index (χ3n) is 3.17. The van der Waals surface area contributed by atoms with E-state index in [4.69, 9.17) is 4.42 Å². The smallest absolute Gasteiger partial charge is 0.247 e. The highest BCUT2D eigenvalue weighted by atomic mass is 32.1. The van der Waals surface area contributed by atoms with Crippen LogP contribution in [0.3, 0.4) is 0 Å². The van der Waals surface area contributed by atoms with Crippen LogP contribution in [0.5, 0.6) is 0 Å². The number of furan rings is 1. The molecule has 0 bridgehead atoms. The van der Waals surface area contributed by atoms with Crippen LogP contribution in [0.15, 0.2) is 45.9 Å². The van der Waals surface area contributed by atoms with Crippen molar-refractivity contribution in [1.82, 2.24) is 4.90 Å². The van der Waals surface area contributed by atoms with Crippen molar-refractivity contribution in [3.63, 3.8) is 0 Å². The average molecular weight is 273 g/mol. The Balaban J connectivity index is 1.68. The summed E-state index contributed by atoms with van der Waals surface area (Å²) in [6, 6.07) is 4.33. The Morgan fingerprint density at radius 2 is 2.37 bits per heavy atom. The molecule has 0 aliphatic heterocycles. The van der Waals surface area contributed by atoms with Gasteiger partial charge in [-0.05, 0) is 47.4 Å². The fraction of sp³-hybridized carbons (Fsp3) is 0.267. The summed E-state index contributed by atoms with van der Waals surface area (Å²) in [5, 5.41) is 4.15.